The van der Waals surface area contributed by atoms with Crippen LogP contribution in [0.25, 0.3) is 66.6 Å². The number of carbonyl (C=O) groups excluding carboxylic acids is 6. The van der Waals surface area contributed by atoms with Crippen molar-refractivity contribution in [3.8, 4) is 46.2 Å². The van der Waals surface area contributed by atoms with Crippen molar-refractivity contribution in [2.24, 2.45) is 0 Å². The Hall–Kier alpha value is -14.0. The zero-order chi connectivity index (χ0) is 70.2. The van der Waals surface area contributed by atoms with Gasteiger partial charge in [0, 0.05) is 47.4 Å². The van der Waals surface area contributed by atoms with Gasteiger partial charge in [-0.1, -0.05) is 180 Å². The monoisotopic (exact) mass is 1330 g/mol. The molecule has 18 nitrogen and oxygen atoms in total. The van der Waals surface area contributed by atoms with Gasteiger partial charge in [-0.25, -0.2) is 19.6 Å². The Kier molecular flexibility index (Phi) is 15.5. The minimum Gasteiger partial charge on any atom is -0.435 e. The average Bonchev–Trinajstić information content (AvgIpc) is 1.52. The highest BCUT2D eigenvalue weighted by molar-refractivity contribution is 6.85. The summed E-state index contributed by atoms with van der Waals surface area (Å²) in [6.07, 6.45) is 0. The van der Waals surface area contributed by atoms with E-state index in [-0.39, 0.29) is 78.5 Å². The maximum absolute atomic E-state index is 14.7. The molecule has 102 heavy (non-hydrogen) atoms. The quantitative estimate of drug-likeness (QED) is 0.0426. The van der Waals surface area contributed by atoms with Crippen LogP contribution < -0.4 is 42.0 Å². The molecular formula is C82H52B2N8O10. The molecule has 14 aromatic rings. The summed E-state index contributed by atoms with van der Waals surface area (Å²) in [5, 5.41) is 26.3. The summed E-state index contributed by atoms with van der Waals surface area (Å²) in [4.78, 5) is 94.4. The number of fused-ring (bicyclic) bond motifs is 5. The first kappa shape index (κ1) is 62.8. The number of hydrogen-bond donors (Lipinski definition) is 0. The van der Waals surface area contributed by atoms with Crippen LogP contribution in [0, 0.1) is 36.5 Å². The van der Waals surface area contributed by atoms with Crippen molar-refractivity contribution >= 4 is 115 Å². The van der Waals surface area contributed by atoms with E-state index >= 15 is 0 Å². The molecule has 10 aromatic carbocycles. The number of esters is 2. The van der Waals surface area contributed by atoms with Gasteiger partial charge in [0.15, 0.2) is 11.2 Å². The fourth-order valence-corrected chi connectivity index (χ4v) is 13.9. The first-order valence-electron chi connectivity index (χ1n) is 32.5. The van der Waals surface area contributed by atoms with Gasteiger partial charge in [0.1, 0.15) is 45.8 Å². The summed E-state index contributed by atoms with van der Waals surface area (Å²) in [6, 6.07) is 77.3. The van der Waals surface area contributed by atoms with Gasteiger partial charge in [0.2, 0.25) is 11.8 Å². The summed E-state index contributed by atoms with van der Waals surface area (Å²) in [5.41, 5.74) is 8.26. The molecule has 0 saturated carbocycles. The molecule has 2 aliphatic rings. The SMILES string of the molecule is Cc1ccc2oc(/C(C#N)=c3/c4c(-c5cccc(OC(=O)c6ccc7c(c6)C(=O)N(C)C7=O)c5)n(B(c5ccccc5)c5ccccc5)/c(=C(/C#N)c5nc6cc(C)ccc6o5)c4c(-c4cccc(OC(=O)c5ccc6c(c5)C(=O)N(C)C6=O)c4)n3B(c3ccccc3)c3ccccc3)nc2c1. The molecule has 0 aliphatic carbocycles. The normalized spacial score (nSPS) is 13.1. The second-order valence-electron chi connectivity index (χ2n) is 25.0. The summed E-state index contributed by atoms with van der Waals surface area (Å²) >= 11 is 0. The van der Waals surface area contributed by atoms with Gasteiger partial charge < -0.3 is 27.3 Å². The lowest BCUT2D eigenvalue weighted by molar-refractivity contribution is 0.0677. The lowest BCUT2D eigenvalue weighted by atomic mass is 9.50. The molecule has 486 valence electrons. The minimum absolute atomic E-state index is 0.00284. The number of rotatable bonds is 14. The van der Waals surface area contributed by atoms with Crippen molar-refractivity contribution < 1.29 is 47.1 Å². The Balaban J connectivity index is 1.11. The van der Waals surface area contributed by atoms with Crippen LogP contribution in [0.5, 0.6) is 11.5 Å². The first-order chi connectivity index (χ1) is 49.6. The van der Waals surface area contributed by atoms with Gasteiger partial charge in [-0.05, 0) is 110 Å². The maximum atomic E-state index is 14.7. The van der Waals surface area contributed by atoms with Gasteiger partial charge in [-0.3, -0.25) is 29.0 Å². The lowest BCUT2D eigenvalue weighted by Crippen LogP contribution is -2.54. The van der Waals surface area contributed by atoms with E-state index in [1.165, 1.54) is 50.5 Å². The van der Waals surface area contributed by atoms with E-state index < -0.39 is 49.3 Å². The van der Waals surface area contributed by atoms with Crippen molar-refractivity contribution in [2.45, 2.75) is 13.8 Å². The number of ether oxygens (including phenoxy) is 2. The van der Waals surface area contributed by atoms with Crippen molar-refractivity contribution in [1.82, 2.24) is 28.7 Å². The van der Waals surface area contributed by atoms with Crippen LogP contribution in [0.15, 0.2) is 251 Å². The van der Waals surface area contributed by atoms with Crippen LogP contribution in [0.3, 0.4) is 0 Å². The molecule has 2 aliphatic heterocycles. The highest BCUT2D eigenvalue weighted by Crippen LogP contribution is 2.40. The number of hydrogen-bond acceptors (Lipinski definition) is 14. The zero-order valence-electron chi connectivity index (χ0n) is 54.9. The second kappa shape index (κ2) is 25.2. The van der Waals surface area contributed by atoms with Gasteiger partial charge in [0.05, 0.1) is 44.1 Å². The fraction of sp³-hybridized carbons (Fsp3) is 0.0488. The Morgan fingerprint density at radius 3 is 1.12 bits per heavy atom. The van der Waals surface area contributed by atoms with Crippen LogP contribution in [0.1, 0.15) is 85.1 Å². The topological polar surface area (TPSA) is 237 Å². The molecular weight excluding hydrogens is 1280 g/mol. The maximum Gasteiger partial charge on any atom is 0.343 e. The van der Waals surface area contributed by atoms with Crippen LogP contribution >= 0.6 is 0 Å². The number of nitrogens with zero attached hydrogens (tertiary/aromatic N) is 8. The van der Waals surface area contributed by atoms with E-state index in [1.807, 2.05) is 181 Å². The molecule has 0 bridgehead atoms. The molecule has 4 amide bonds. The molecule has 20 heteroatoms. The summed E-state index contributed by atoms with van der Waals surface area (Å²) in [6.45, 7) is 2.09. The van der Waals surface area contributed by atoms with Gasteiger partial charge in [-0.2, -0.15) is 10.5 Å². The molecule has 16 rings (SSSR count). The third-order valence-electron chi connectivity index (χ3n) is 18.6. The van der Waals surface area contributed by atoms with Crippen LogP contribution in [0.4, 0.5) is 0 Å². The molecule has 4 aromatic heterocycles. The van der Waals surface area contributed by atoms with Crippen molar-refractivity contribution in [1.29, 1.82) is 10.5 Å². The van der Waals surface area contributed by atoms with E-state index in [0.29, 0.717) is 55.5 Å². The van der Waals surface area contributed by atoms with Crippen molar-refractivity contribution in [3.05, 3.63) is 310 Å². The van der Waals surface area contributed by atoms with Gasteiger partial charge in [0.25, 0.3) is 23.6 Å². The van der Waals surface area contributed by atoms with E-state index in [1.54, 1.807) is 48.5 Å². The van der Waals surface area contributed by atoms with E-state index in [2.05, 4.69) is 12.1 Å². The van der Waals surface area contributed by atoms with Gasteiger partial charge >= 0.3 is 25.6 Å². The second-order valence-corrected chi connectivity index (χ2v) is 25.0. The third kappa shape index (κ3) is 10.6. The fourth-order valence-electron chi connectivity index (χ4n) is 13.9. The molecule has 0 unspecified atom stereocenters. The Morgan fingerprint density at radius 1 is 0.412 bits per heavy atom. The summed E-state index contributed by atoms with van der Waals surface area (Å²) < 4.78 is 30.4. The predicted molar refractivity (Wildman–Crippen MR) is 386 cm³/mol. The molecule has 0 saturated heterocycles. The van der Waals surface area contributed by atoms with E-state index in [4.69, 9.17) is 28.3 Å². The molecule has 0 radical (unpaired) electrons. The number of amides is 4. The first-order valence-corrected chi connectivity index (χ1v) is 32.5. The molecule has 0 N–H and O–H groups in total. The third-order valence-corrected chi connectivity index (χ3v) is 18.6. The molecule has 0 fully saturated rings. The zero-order valence-corrected chi connectivity index (χ0v) is 54.9. The highest BCUT2D eigenvalue weighted by atomic mass is 16.5. The van der Waals surface area contributed by atoms with Crippen LogP contribution in [-0.2, 0) is 0 Å². The number of aromatic nitrogens is 4. The number of benzene rings is 10. The smallest absolute Gasteiger partial charge is 0.343 e. The van der Waals surface area contributed by atoms with E-state index in [9.17, 15) is 39.3 Å². The number of oxazole rings is 2. The number of aryl methyl sites for hydroxylation is 2. The summed E-state index contributed by atoms with van der Waals surface area (Å²) in [5.74, 6) is -3.86. The van der Waals surface area contributed by atoms with E-state index in [0.717, 1.165) is 42.8 Å². The standard InChI is InChI=1S/C82H52B2N8O10/c1-47-31-37-67-65(39-47)87-75(101-67)63(45-85)73-69-70(72(91(73)83(53-21-9-5-10-22-53)54-23-11-6-12-24-54)50-20-18-30-58(42-50)100-82(98)52-34-36-60-62(44-52)80(96)90(4)78(60)94)74(64(46-86)76-88-66-40-48(2)32-38-68(66)102-76)92(84(55-25-13-7-14-26-55)56-27-15-8-16-28-56)71(69)49-19-17-29-57(41-49)99-81(97)51-33-35-59-61(43-51)79(95)89(3)77(59)93/h5-44H,1-4H3/b73-63-,74-64-. The highest BCUT2D eigenvalue weighted by Gasteiger charge is 2.40. The Morgan fingerprint density at radius 2 is 0.765 bits per heavy atom. The van der Waals surface area contributed by atoms with Crippen LogP contribution in [-0.4, -0.2) is 92.1 Å². The average molecular weight is 1330 g/mol. The lowest BCUT2D eigenvalue weighted by Gasteiger charge is -2.24. The summed E-state index contributed by atoms with van der Waals surface area (Å²) in [7, 11) is 2.74. The largest absolute Gasteiger partial charge is 0.435 e. The number of imide groups is 2. The molecule has 0 spiro atoms. The number of nitriles is 2. The van der Waals surface area contributed by atoms with Crippen molar-refractivity contribution in [2.75, 3.05) is 14.1 Å². The number of carbonyl (C=O) groups is 6. The Bertz CT molecular complexity index is 5700. The molecule has 0 atom stereocenters. The molecule has 6 heterocycles. The van der Waals surface area contributed by atoms with Gasteiger partial charge in [-0.15, -0.1) is 0 Å². The minimum atomic E-state index is -0.886. The van der Waals surface area contributed by atoms with Crippen LogP contribution in [0.2, 0.25) is 0 Å². The predicted octanol–water partition coefficient (Wildman–Crippen LogP) is 10.3. The van der Waals surface area contributed by atoms with Crippen molar-refractivity contribution in [3.63, 3.8) is 0 Å². The Labute approximate surface area is 582 Å².